The topological polar surface area (TPSA) is 41.4 Å². The molecule has 1 atom stereocenters. The van der Waals surface area contributed by atoms with Gasteiger partial charge in [0.25, 0.3) is 0 Å². The molecule has 1 saturated heterocycles. The number of amides is 1. The highest BCUT2D eigenvalue weighted by molar-refractivity contribution is 8.00. The number of benzene rings is 1. The normalized spacial score (nSPS) is 16.9. The molecule has 0 aliphatic carbocycles. The zero-order valence-electron chi connectivity index (χ0n) is 16.0. The third-order valence-electron chi connectivity index (χ3n) is 4.84. The lowest BCUT2D eigenvalue weighted by Gasteiger charge is -2.23. The maximum absolute atomic E-state index is 12.7. The maximum atomic E-state index is 12.7. The first-order valence-corrected chi connectivity index (χ1v) is 10.7. The fourth-order valence-corrected chi connectivity index (χ4v) is 4.40. The van der Waals surface area contributed by atoms with Crippen LogP contribution in [-0.2, 0) is 18.4 Å². The van der Waals surface area contributed by atoms with Crippen molar-refractivity contribution in [2.24, 2.45) is 7.05 Å². The fraction of sp³-hybridized carbons (Fsp3) is 0.500. The average molecular weight is 407 g/mol. The minimum absolute atomic E-state index is 0.241. The molecule has 7 heteroatoms. The van der Waals surface area contributed by atoms with Crippen molar-refractivity contribution >= 4 is 29.3 Å². The number of imidazole rings is 1. The number of nitrogens with zero attached hydrogens (tertiary/aromatic N) is 4. The summed E-state index contributed by atoms with van der Waals surface area (Å²) >= 11 is 7.66. The van der Waals surface area contributed by atoms with Gasteiger partial charge in [-0.25, -0.2) is 4.98 Å². The molecule has 3 rings (SSSR count). The number of rotatable bonds is 6. The monoisotopic (exact) mass is 406 g/mol. The predicted octanol–water partition coefficient (Wildman–Crippen LogP) is 3.68. The molecular formula is C20H27ClN4OS. The van der Waals surface area contributed by atoms with Crippen LogP contribution in [0.3, 0.4) is 0 Å². The smallest absolute Gasteiger partial charge is 0.223 e. The number of hydrogen-bond donors (Lipinski definition) is 0. The molecule has 1 aromatic carbocycles. The van der Waals surface area contributed by atoms with E-state index in [2.05, 4.69) is 21.4 Å². The fourth-order valence-electron chi connectivity index (χ4n) is 3.29. The van der Waals surface area contributed by atoms with Gasteiger partial charge >= 0.3 is 0 Å². The van der Waals surface area contributed by atoms with Gasteiger partial charge in [-0.1, -0.05) is 18.5 Å². The molecule has 0 bridgehead atoms. The standard InChI is InChI=1S/C20H27ClN4OS/c1-16(27-18-6-4-17(21)5-7-18)14-20(26)25-10-3-9-24(12-13-25)15-19-22-8-11-23(19)2/h4-8,11,16H,3,9-10,12-15H2,1-2H3. The van der Waals surface area contributed by atoms with Gasteiger partial charge in [0, 0.05) is 67.2 Å². The SMILES string of the molecule is CC(CC(=O)N1CCCN(Cc2nccn2C)CC1)Sc1ccc(Cl)cc1. The average Bonchev–Trinajstić information content (AvgIpc) is 2.90. The molecule has 1 aliphatic rings. The molecule has 2 heterocycles. The van der Waals surface area contributed by atoms with Gasteiger partial charge in [0.2, 0.25) is 5.91 Å². The number of aryl methyl sites for hydroxylation is 1. The van der Waals surface area contributed by atoms with Gasteiger partial charge in [-0.3, -0.25) is 9.69 Å². The Bertz CT molecular complexity index is 749. The Morgan fingerprint density at radius 2 is 2.00 bits per heavy atom. The van der Waals surface area contributed by atoms with E-state index in [9.17, 15) is 4.79 Å². The first-order chi connectivity index (χ1) is 13.0. The van der Waals surface area contributed by atoms with Crippen LogP contribution in [0.4, 0.5) is 0 Å². The third kappa shape index (κ3) is 5.99. The molecule has 0 saturated carbocycles. The maximum Gasteiger partial charge on any atom is 0.223 e. The Morgan fingerprint density at radius 1 is 1.22 bits per heavy atom. The van der Waals surface area contributed by atoms with Crippen molar-refractivity contribution in [3.05, 3.63) is 47.5 Å². The summed E-state index contributed by atoms with van der Waals surface area (Å²) in [5.74, 6) is 1.32. The zero-order valence-corrected chi connectivity index (χ0v) is 17.5. The van der Waals surface area contributed by atoms with E-state index in [0.717, 1.165) is 54.9 Å². The van der Waals surface area contributed by atoms with Crippen molar-refractivity contribution in [3.63, 3.8) is 0 Å². The third-order valence-corrected chi connectivity index (χ3v) is 6.21. The molecule has 0 N–H and O–H groups in total. The van der Waals surface area contributed by atoms with Crippen molar-refractivity contribution in [3.8, 4) is 0 Å². The van der Waals surface area contributed by atoms with Gasteiger partial charge in [-0.05, 0) is 30.7 Å². The summed E-state index contributed by atoms with van der Waals surface area (Å²) in [5.41, 5.74) is 0. The van der Waals surface area contributed by atoms with Crippen molar-refractivity contribution in [2.75, 3.05) is 26.2 Å². The van der Waals surface area contributed by atoms with E-state index in [0.29, 0.717) is 6.42 Å². The van der Waals surface area contributed by atoms with Gasteiger partial charge in [-0.2, -0.15) is 0 Å². The molecular weight excluding hydrogens is 380 g/mol. The van der Waals surface area contributed by atoms with Crippen LogP contribution in [0.2, 0.25) is 5.02 Å². The largest absolute Gasteiger partial charge is 0.341 e. The zero-order chi connectivity index (χ0) is 19.2. The molecule has 1 fully saturated rings. The first kappa shape index (κ1) is 20.2. The highest BCUT2D eigenvalue weighted by atomic mass is 35.5. The predicted molar refractivity (Wildman–Crippen MR) is 111 cm³/mol. The summed E-state index contributed by atoms with van der Waals surface area (Å²) in [7, 11) is 2.02. The molecule has 1 unspecified atom stereocenters. The van der Waals surface area contributed by atoms with Crippen LogP contribution in [-0.4, -0.2) is 56.7 Å². The molecule has 0 radical (unpaired) electrons. The number of halogens is 1. The van der Waals surface area contributed by atoms with Crippen molar-refractivity contribution in [1.29, 1.82) is 0 Å². The lowest BCUT2D eigenvalue weighted by atomic mass is 10.3. The molecule has 0 spiro atoms. The Labute approximate surface area is 170 Å². The second-order valence-electron chi connectivity index (χ2n) is 7.05. The molecule has 1 amide bonds. The van der Waals surface area contributed by atoms with Crippen LogP contribution in [0.25, 0.3) is 0 Å². The Morgan fingerprint density at radius 3 is 2.70 bits per heavy atom. The van der Waals surface area contributed by atoms with Gasteiger partial charge in [0.15, 0.2) is 0 Å². The van der Waals surface area contributed by atoms with Crippen LogP contribution < -0.4 is 0 Å². The Hall–Kier alpha value is -1.50. The van der Waals surface area contributed by atoms with Crippen LogP contribution in [0, 0.1) is 0 Å². The number of thioether (sulfide) groups is 1. The van der Waals surface area contributed by atoms with E-state index in [4.69, 9.17) is 11.6 Å². The second-order valence-corrected chi connectivity index (χ2v) is 9.00. The van der Waals surface area contributed by atoms with Crippen molar-refractivity contribution < 1.29 is 4.79 Å². The summed E-state index contributed by atoms with van der Waals surface area (Å²) < 4.78 is 2.06. The van der Waals surface area contributed by atoms with Gasteiger partial charge in [0.05, 0.1) is 6.54 Å². The highest BCUT2D eigenvalue weighted by Crippen LogP contribution is 2.27. The molecule has 27 heavy (non-hydrogen) atoms. The van der Waals surface area contributed by atoms with Gasteiger partial charge < -0.3 is 9.47 Å². The molecule has 2 aromatic rings. The molecule has 5 nitrogen and oxygen atoms in total. The number of carbonyl (C=O) groups excluding carboxylic acids is 1. The number of aromatic nitrogens is 2. The number of hydrogen-bond acceptors (Lipinski definition) is 4. The van der Waals surface area contributed by atoms with Crippen LogP contribution in [0.5, 0.6) is 0 Å². The molecule has 146 valence electrons. The Balaban J connectivity index is 1.47. The van der Waals surface area contributed by atoms with E-state index in [-0.39, 0.29) is 11.2 Å². The quantitative estimate of drug-likeness (QED) is 0.686. The second kappa shape index (κ2) is 9.62. The van der Waals surface area contributed by atoms with Gasteiger partial charge in [0.1, 0.15) is 5.82 Å². The minimum atomic E-state index is 0.241. The van der Waals surface area contributed by atoms with E-state index >= 15 is 0 Å². The van der Waals surface area contributed by atoms with Crippen LogP contribution in [0.15, 0.2) is 41.6 Å². The Kier molecular flexibility index (Phi) is 7.21. The summed E-state index contributed by atoms with van der Waals surface area (Å²) in [6.07, 6.45) is 5.38. The first-order valence-electron chi connectivity index (χ1n) is 9.40. The summed E-state index contributed by atoms with van der Waals surface area (Å²) in [5, 5.41) is 0.980. The van der Waals surface area contributed by atoms with Crippen molar-refractivity contribution in [2.45, 2.75) is 36.5 Å². The highest BCUT2D eigenvalue weighted by Gasteiger charge is 2.21. The van der Waals surface area contributed by atoms with E-state index in [1.807, 2.05) is 48.6 Å². The van der Waals surface area contributed by atoms with Crippen molar-refractivity contribution in [1.82, 2.24) is 19.4 Å². The van der Waals surface area contributed by atoms with E-state index in [1.54, 1.807) is 11.8 Å². The summed E-state index contributed by atoms with van der Waals surface area (Å²) in [6, 6.07) is 7.80. The summed E-state index contributed by atoms with van der Waals surface area (Å²) in [6.45, 7) is 6.50. The van der Waals surface area contributed by atoms with Crippen LogP contribution in [0.1, 0.15) is 25.6 Å². The van der Waals surface area contributed by atoms with E-state index < -0.39 is 0 Å². The van der Waals surface area contributed by atoms with Gasteiger partial charge in [-0.15, -0.1) is 11.8 Å². The summed E-state index contributed by atoms with van der Waals surface area (Å²) in [4.78, 5) is 22.7. The molecule has 1 aliphatic heterocycles. The number of carbonyl (C=O) groups is 1. The van der Waals surface area contributed by atoms with E-state index in [1.165, 1.54) is 0 Å². The minimum Gasteiger partial charge on any atom is -0.341 e. The van der Waals surface area contributed by atoms with Crippen LogP contribution >= 0.6 is 23.4 Å². The lowest BCUT2D eigenvalue weighted by Crippen LogP contribution is -2.36. The lowest BCUT2D eigenvalue weighted by molar-refractivity contribution is -0.131. The molecule has 1 aromatic heterocycles.